The molecule has 0 saturated heterocycles. The number of halogens is 2. The summed E-state index contributed by atoms with van der Waals surface area (Å²) in [5.74, 6) is -0.624. The third kappa shape index (κ3) is 1.86. The van der Waals surface area contributed by atoms with Gasteiger partial charge in [-0.15, -0.1) is 0 Å². The molecule has 0 saturated carbocycles. The second kappa shape index (κ2) is 4.75. The SMILES string of the molecule is O=C1C(=Nc2ccc(F)c(Cl)c2)c2cccc3cccc1c23. The highest BCUT2D eigenvalue weighted by atomic mass is 35.5. The smallest absolute Gasteiger partial charge is 0.212 e. The van der Waals surface area contributed by atoms with Gasteiger partial charge in [-0.25, -0.2) is 9.38 Å². The molecule has 0 aromatic heterocycles. The molecular formula is C18H9ClFNO. The molecule has 0 atom stereocenters. The minimum absolute atomic E-state index is 0.0111. The lowest BCUT2D eigenvalue weighted by Crippen LogP contribution is -2.08. The molecule has 0 radical (unpaired) electrons. The van der Waals surface area contributed by atoms with Gasteiger partial charge in [0, 0.05) is 16.5 Å². The van der Waals surface area contributed by atoms with Gasteiger partial charge in [0.25, 0.3) is 0 Å². The maximum absolute atomic E-state index is 13.2. The monoisotopic (exact) mass is 309 g/mol. The summed E-state index contributed by atoms with van der Waals surface area (Å²) in [5.41, 5.74) is 2.28. The van der Waals surface area contributed by atoms with Gasteiger partial charge in [0.2, 0.25) is 5.78 Å². The Bertz CT molecular complexity index is 973. The molecule has 2 nitrogen and oxygen atoms in total. The molecule has 0 fully saturated rings. The zero-order valence-corrected chi connectivity index (χ0v) is 12.1. The number of hydrogen-bond acceptors (Lipinski definition) is 2. The zero-order chi connectivity index (χ0) is 15.3. The summed E-state index contributed by atoms with van der Waals surface area (Å²) < 4.78 is 13.2. The maximum Gasteiger partial charge on any atom is 0.212 e. The van der Waals surface area contributed by atoms with Gasteiger partial charge in [0.15, 0.2) is 0 Å². The van der Waals surface area contributed by atoms with Crippen LogP contribution >= 0.6 is 11.6 Å². The summed E-state index contributed by atoms with van der Waals surface area (Å²) >= 11 is 5.78. The molecule has 0 bridgehead atoms. The molecule has 0 amide bonds. The number of carbonyl (C=O) groups is 1. The van der Waals surface area contributed by atoms with Crippen LogP contribution in [-0.2, 0) is 0 Å². The van der Waals surface area contributed by atoms with E-state index in [0.717, 1.165) is 16.3 Å². The summed E-state index contributed by atoms with van der Waals surface area (Å²) in [6.07, 6.45) is 0. The zero-order valence-electron chi connectivity index (χ0n) is 11.3. The first-order valence-electron chi connectivity index (χ1n) is 6.76. The van der Waals surface area contributed by atoms with E-state index in [4.69, 9.17) is 11.6 Å². The van der Waals surface area contributed by atoms with Crippen molar-refractivity contribution in [2.45, 2.75) is 0 Å². The van der Waals surface area contributed by atoms with E-state index in [1.807, 2.05) is 30.3 Å². The van der Waals surface area contributed by atoms with Gasteiger partial charge in [-0.05, 0) is 23.6 Å². The standard InChI is InChI=1S/C18H9ClFNO/c19-14-9-11(7-8-15(14)20)21-17-12-5-1-3-10-4-2-6-13(16(10)12)18(17)22/h1-9H. The van der Waals surface area contributed by atoms with E-state index in [1.54, 1.807) is 6.07 Å². The second-order valence-electron chi connectivity index (χ2n) is 5.10. The van der Waals surface area contributed by atoms with Gasteiger partial charge in [-0.1, -0.05) is 48.0 Å². The van der Waals surface area contributed by atoms with Crippen LogP contribution in [0.15, 0.2) is 59.6 Å². The minimum atomic E-state index is -0.506. The van der Waals surface area contributed by atoms with Crippen LogP contribution in [0.4, 0.5) is 10.1 Å². The Morgan fingerprint density at radius 2 is 1.68 bits per heavy atom. The van der Waals surface area contributed by atoms with E-state index >= 15 is 0 Å². The summed E-state index contributed by atoms with van der Waals surface area (Å²) in [4.78, 5) is 17.0. The van der Waals surface area contributed by atoms with Crippen molar-refractivity contribution in [3.63, 3.8) is 0 Å². The third-order valence-electron chi connectivity index (χ3n) is 3.76. The largest absolute Gasteiger partial charge is 0.287 e. The van der Waals surface area contributed by atoms with Crippen molar-refractivity contribution in [2.75, 3.05) is 0 Å². The van der Waals surface area contributed by atoms with Crippen molar-refractivity contribution in [1.29, 1.82) is 0 Å². The molecule has 0 heterocycles. The van der Waals surface area contributed by atoms with Crippen LogP contribution in [0.3, 0.4) is 0 Å². The molecule has 22 heavy (non-hydrogen) atoms. The highest BCUT2D eigenvalue weighted by Gasteiger charge is 2.28. The van der Waals surface area contributed by atoms with Gasteiger partial charge >= 0.3 is 0 Å². The minimum Gasteiger partial charge on any atom is -0.287 e. The molecule has 0 spiro atoms. The Labute approximate surface area is 130 Å². The average Bonchev–Trinajstić information content (AvgIpc) is 2.79. The molecule has 3 aromatic carbocycles. The summed E-state index contributed by atoms with van der Waals surface area (Å²) in [5, 5.41) is 1.91. The highest BCUT2D eigenvalue weighted by Crippen LogP contribution is 2.32. The first-order chi connectivity index (χ1) is 10.6. The Morgan fingerprint density at radius 3 is 2.41 bits per heavy atom. The summed E-state index contributed by atoms with van der Waals surface area (Å²) in [6, 6.07) is 15.5. The number of aliphatic imine (C=N–C) groups is 1. The van der Waals surface area contributed by atoms with Crippen LogP contribution in [0.1, 0.15) is 15.9 Å². The van der Waals surface area contributed by atoms with Crippen LogP contribution in [0.25, 0.3) is 10.8 Å². The average molecular weight is 310 g/mol. The fourth-order valence-electron chi connectivity index (χ4n) is 2.77. The topological polar surface area (TPSA) is 29.4 Å². The van der Waals surface area contributed by atoms with Crippen molar-refractivity contribution in [3.8, 4) is 0 Å². The first-order valence-corrected chi connectivity index (χ1v) is 7.13. The number of hydrogen-bond donors (Lipinski definition) is 0. The van der Waals surface area contributed by atoms with E-state index in [-0.39, 0.29) is 10.8 Å². The molecular weight excluding hydrogens is 301 g/mol. The number of carbonyl (C=O) groups excluding carboxylic acids is 1. The normalized spacial score (nSPS) is 15.0. The van der Waals surface area contributed by atoms with Crippen molar-refractivity contribution in [2.24, 2.45) is 4.99 Å². The lowest BCUT2D eigenvalue weighted by molar-refractivity contribution is 0.107. The Morgan fingerprint density at radius 1 is 0.955 bits per heavy atom. The Balaban J connectivity index is 1.95. The van der Waals surface area contributed by atoms with E-state index in [2.05, 4.69) is 4.99 Å². The quantitative estimate of drug-likeness (QED) is 0.625. The van der Waals surface area contributed by atoms with E-state index < -0.39 is 5.82 Å². The van der Waals surface area contributed by atoms with Crippen molar-refractivity contribution >= 4 is 39.6 Å². The van der Waals surface area contributed by atoms with Crippen LogP contribution in [0, 0.1) is 5.82 Å². The molecule has 106 valence electrons. The Kier molecular flexibility index (Phi) is 2.84. The number of rotatable bonds is 1. The molecule has 4 rings (SSSR count). The molecule has 0 N–H and O–H groups in total. The van der Waals surface area contributed by atoms with E-state index in [9.17, 15) is 9.18 Å². The molecule has 4 heteroatoms. The van der Waals surface area contributed by atoms with Gasteiger partial charge in [-0.3, -0.25) is 4.79 Å². The van der Waals surface area contributed by atoms with Crippen LogP contribution in [-0.4, -0.2) is 11.5 Å². The van der Waals surface area contributed by atoms with Crippen molar-refractivity contribution < 1.29 is 9.18 Å². The number of Topliss-reactive ketones (excluding diaryl/α,β-unsaturated/α-hetero) is 1. The van der Waals surface area contributed by atoms with Crippen LogP contribution < -0.4 is 0 Å². The van der Waals surface area contributed by atoms with E-state index in [0.29, 0.717) is 17.0 Å². The fraction of sp³-hybridized carbons (Fsp3) is 0. The van der Waals surface area contributed by atoms with Gasteiger partial charge in [-0.2, -0.15) is 0 Å². The van der Waals surface area contributed by atoms with Gasteiger partial charge in [0.1, 0.15) is 11.5 Å². The number of nitrogens with zero attached hydrogens (tertiary/aromatic N) is 1. The maximum atomic E-state index is 13.2. The predicted octanol–water partition coefficient (Wildman–Crippen LogP) is 4.95. The first kappa shape index (κ1) is 13.2. The van der Waals surface area contributed by atoms with Crippen LogP contribution in [0.2, 0.25) is 5.02 Å². The predicted molar refractivity (Wildman–Crippen MR) is 85.9 cm³/mol. The summed E-state index contributed by atoms with van der Waals surface area (Å²) in [7, 11) is 0. The number of ketones is 1. The second-order valence-corrected chi connectivity index (χ2v) is 5.50. The third-order valence-corrected chi connectivity index (χ3v) is 4.05. The fourth-order valence-corrected chi connectivity index (χ4v) is 2.95. The Hall–Kier alpha value is -2.52. The molecule has 0 unspecified atom stereocenters. The van der Waals surface area contributed by atoms with Crippen molar-refractivity contribution in [1.82, 2.24) is 0 Å². The van der Waals surface area contributed by atoms with Gasteiger partial charge < -0.3 is 0 Å². The lowest BCUT2D eigenvalue weighted by atomic mass is 10.1. The lowest BCUT2D eigenvalue weighted by Gasteiger charge is -2.01. The van der Waals surface area contributed by atoms with Gasteiger partial charge in [0.05, 0.1) is 10.7 Å². The van der Waals surface area contributed by atoms with E-state index in [1.165, 1.54) is 18.2 Å². The number of benzene rings is 3. The molecule has 1 aliphatic carbocycles. The summed E-state index contributed by atoms with van der Waals surface area (Å²) in [6.45, 7) is 0. The highest BCUT2D eigenvalue weighted by molar-refractivity contribution is 6.59. The molecule has 3 aromatic rings. The molecule has 0 aliphatic heterocycles. The van der Waals surface area contributed by atoms with Crippen molar-refractivity contribution in [3.05, 3.63) is 76.6 Å². The van der Waals surface area contributed by atoms with Crippen LogP contribution in [0.5, 0.6) is 0 Å². The molecule has 1 aliphatic rings.